The van der Waals surface area contributed by atoms with E-state index in [2.05, 4.69) is 11.0 Å². The third kappa shape index (κ3) is 2.91. The molecule has 0 amide bonds. The molecule has 0 aliphatic carbocycles. The lowest BCUT2D eigenvalue weighted by Crippen LogP contribution is -2.26. The van der Waals surface area contributed by atoms with Gasteiger partial charge in [0.25, 0.3) is 0 Å². The van der Waals surface area contributed by atoms with E-state index in [1.165, 1.54) is 0 Å². The first-order chi connectivity index (χ1) is 8.35. The summed E-state index contributed by atoms with van der Waals surface area (Å²) < 4.78 is 5.42. The predicted molar refractivity (Wildman–Crippen MR) is 68.4 cm³/mol. The van der Waals surface area contributed by atoms with Crippen LogP contribution in [0.1, 0.15) is 17.5 Å². The molecule has 2 rings (SSSR count). The molecule has 4 heteroatoms. The third-order valence-electron chi connectivity index (χ3n) is 2.90. The van der Waals surface area contributed by atoms with Crippen molar-refractivity contribution < 1.29 is 4.74 Å². The topological polar surface area (TPSA) is 36.3 Å². The molecule has 17 heavy (non-hydrogen) atoms. The minimum absolute atomic E-state index is 0.443. The SMILES string of the molecule is N#Cc1cc(CCl)ccc1N1CCCOCC1. The largest absolute Gasteiger partial charge is 0.380 e. The molecule has 1 fully saturated rings. The van der Waals surface area contributed by atoms with Crippen LogP contribution in [0.15, 0.2) is 18.2 Å². The third-order valence-corrected chi connectivity index (χ3v) is 3.21. The van der Waals surface area contributed by atoms with Crippen LogP contribution >= 0.6 is 11.6 Å². The van der Waals surface area contributed by atoms with Crippen molar-refractivity contribution in [3.63, 3.8) is 0 Å². The molecule has 3 nitrogen and oxygen atoms in total. The molecule has 1 aliphatic heterocycles. The van der Waals surface area contributed by atoms with Crippen molar-refractivity contribution >= 4 is 17.3 Å². The lowest BCUT2D eigenvalue weighted by Gasteiger charge is -2.23. The molecular weight excluding hydrogens is 236 g/mol. The van der Waals surface area contributed by atoms with Crippen LogP contribution in [-0.4, -0.2) is 26.3 Å². The second-order valence-electron chi connectivity index (χ2n) is 4.05. The van der Waals surface area contributed by atoms with Gasteiger partial charge in [-0.2, -0.15) is 5.26 Å². The van der Waals surface area contributed by atoms with Crippen LogP contribution in [0.25, 0.3) is 0 Å². The van der Waals surface area contributed by atoms with Gasteiger partial charge in [0.1, 0.15) is 6.07 Å². The van der Waals surface area contributed by atoms with Gasteiger partial charge < -0.3 is 9.64 Å². The summed E-state index contributed by atoms with van der Waals surface area (Å²) in [6, 6.07) is 8.08. The number of benzene rings is 1. The maximum Gasteiger partial charge on any atom is 0.101 e. The zero-order valence-corrected chi connectivity index (χ0v) is 10.4. The summed E-state index contributed by atoms with van der Waals surface area (Å²) in [4.78, 5) is 2.21. The molecule has 0 bridgehead atoms. The molecule has 0 radical (unpaired) electrons. The molecule has 0 atom stereocenters. The van der Waals surface area contributed by atoms with E-state index in [-0.39, 0.29) is 0 Å². The highest BCUT2D eigenvalue weighted by Crippen LogP contribution is 2.23. The number of hydrogen-bond acceptors (Lipinski definition) is 3. The highest BCUT2D eigenvalue weighted by atomic mass is 35.5. The number of nitriles is 1. The number of halogens is 1. The Bertz CT molecular complexity index is 420. The van der Waals surface area contributed by atoms with Gasteiger partial charge in [-0.25, -0.2) is 0 Å². The quantitative estimate of drug-likeness (QED) is 0.757. The summed E-state index contributed by atoms with van der Waals surface area (Å²) >= 11 is 5.78. The second-order valence-corrected chi connectivity index (χ2v) is 4.32. The van der Waals surface area contributed by atoms with Gasteiger partial charge in [0.2, 0.25) is 0 Å². The molecule has 1 heterocycles. The molecule has 0 saturated carbocycles. The second kappa shape index (κ2) is 5.90. The van der Waals surface area contributed by atoms with Crippen LogP contribution in [0.4, 0.5) is 5.69 Å². The van der Waals surface area contributed by atoms with E-state index in [1.54, 1.807) is 0 Å². The van der Waals surface area contributed by atoms with E-state index in [4.69, 9.17) is 16.3 Å². The highest BCUT2D eigenvalue weighted by Gasteiger charge is 2.13. The first kappa shape index (κ1) is 12.2. The fraction of sp³-hybridized carbons (Fsp3) is 0.462. The van der Waals surface area contributed by atoms with Crippen molar-refractivity contribution in [2.45, 2.75) is 12.3 Å². The van der Waals surface area contributed by atoms with Crippen molar-refractivity contribution in [2.24, 2.45) is 0 Å². The van der Waals surface area contributed by atoms with E-state index in [0.29, 0.717) is 11.4 Å². The van der Waals surface area contributed by atoms with Crippen LogP contribution in [-0.2, 0) is 10.6 Å². The lowest BCUT2D eigenvalue weighted by atomic mass is 10.1. The van der Waals surface area contributed by atoms with Gasteiger partial charge in [0.15, 0.2) is 0 Å². The summed E-state index contributed by atoms with van der Waals surface area (Å²) in [5.41, 5.74) is 2.68. The lowest BCUT2D eigenvalue weighted by molar-refractivity contribution is 0.152. The summed E-state index contributed by atoms with van der Waals surface area (Å²) in [5, 5.41) is 9.19. The minimum Gasteiger partial charge on any atom is -0.380 e. The van der Waals surface area contributed by atoms with Crippen LogP contribution in [0.3, 0.4) is 0 Å². The van der Waals surface area contributed by atoms with Gasteiger partial charge in [0, 0.05) is 25.6 Å². The standard InChI is InChI=1S/C13H15ClN2O/c14-9-11-2-3-13(12(8-11)10-15)16-4-1-6-17-7-5-16/h2-3,8H,1,4-7,9H2. The molecule has 1 aliphatic rings. The number of anilines is 1. The van der Waals surface area contributed by atoms with Crippen LogP contribution in [0.5, 0.6) is 0 Å². The van der Waals surface area contributed by atoms with Crippen molar-refractivity contribution in [1.82, 2.24) is 0 Å². The van der Waals surface area contributed by atoms with Crippen molar-refractivity contribution in [2.75, 3.05) is 31.2 Å². The molecule has 1 aromatic carbocycles. The van der Waals surface area contributed by atoms with Crippen molar-refractivity contribution in [1.29, 1.82) is 5.26 Å². The number of alkyl halides is 1. The van der Waals surface area contributed by atoms with Crippen LogP contribution in [0.2, 0.25) is 0 Å². The number of hydrogen-bond donors (Lipinski definition) is 0. The fourth-order valence-corrected chi connectivity index (χ4v) is 2.18. The molecule has 1 saturated heterocycles. The average Bonchev–Trinajstić information content (AvgIpc) is 2.66. The van der Waals surface area contributed by atoms with E-state index in [9.17, 15) is 5.26 Å². The maximum atomic E-state index is 9.19. The normalized spacial score (nSPS) is 16.4. The maximum absolute atomic E-state index is 9.19. The highest BCUT2D eigenvalue weighted by molar-refractivity contribution is 6.17. The molecule has 1 aromatic rings. The Morgan fingerprint density at radius 1 is 1.35 bits per heavy atom. The Labute approximate surface area is 107 Å². The zero-order valence-electron chi connectivity index (χ0n) is 9.66. The Balaban J connectivity index is 2.27. The summed E-state index contributed by atoms with van der Waals surface area (Å²) in [7, 11) is 0. The van der Waals surface area contributed by atoms with E-state index < -0.39 is 0 Å². The van der Waals surface area contributed by atoms with Crippen LogP contribution in [0, 0.1) is 11.3 Å². The molecule has 0 aromatic heterocycles. The number of nitrogens with zero attached hydrogens (tertiary/aromatic N) is 2. The van der Waals surface area contributed by atoms with Crippen molar-refractivity contribution in [3.05, 3.63) is 29.3 Å². The molecule has 0 N–H and O–H groups in total. The Hall–Kier alpha value is -1.24. The molecular formula is C13H15ClN2O. The van der Waals surface area contributed by atoms with Gasteiger partial charge >= 0.3 is 0 Å². The van der Waals surface area contributed by atoms with Gasteiger partial charge in [-0.1, -0.05) is 6.07 Å². The van der Waals surface area contributed by atoms with Gasteiger partial charge in [-0.05, 0) is 24.1 Å². The van der Waals surface area contributed by atoms with Crippen LogP contribution < -0.4 is 4.90 Å². The zero-order chi connectivity index (χ0) is 12.1. The first-order valence-electron chi connectivity index (χ1n) is 5.77. The smallest absolute Gasteiger partial charge is 0.101 e. The van der Waals surface area contributed by atoms with Gasteiger partial charge in [-0.15, -0.1) is 11.6 Å². The Kier molecular flexibility index (Phi) is 4.24. The molecule has 90 valence electrons. The van der Waals surface area contributed by atoms with Crippen molar-refractivity contribution in [3.8, 4) is 6.07 Å². The number of ether oxygens (including phenoxy) is 1. The summed E-state index contributed by atoms with van der Waals surface area (Å²) in [5.74, 6) is 0.443. The van der Waals surface area contributed by atoms with E-state index in [0.717, 1.165) is 44.0 Å². The van der Waals surface area contributed by atoms with E-state index >= 15 is 0 Å². The van der Waals surface area contributed by atoms with E-state index in [1.807, 2.05) is 18.2 Å². The molecule has 0 spiro atoms. The molecule has 0 unspecified atom stereocenters. The Morgan fingerprint density at radius 3 is 3.00 bits per heavy atom. The first-order valence-corrected chi connectivity index (χ1v) is 6.30. The predicted octanol–water partition coefficient (Wildman–Crippen LogP) is 2.52. The average molecular weight is 251 g/mol. The fourth-order valence-electron chi connectivity index (χ4n) is 2.02. The Morgan fingerprint density at radius 2 is 2.24 bits per heavy atom. The van der Waals surface area contributed by atoms with Gasteiger partial charge in [0.05, 0.1) is 17.9 Å². The minimum atomic E-state index is 0.443. The van der Waals surface area contributed by atoms with Gasteiger partial charge in [-0.3, -0.25) is 0 Å². The monoisotopic (exact) mass is 250 g/mol. The summed E-state index contributed by atoms with van der Waals surface area (Å²) in [6.45, 7) is 3.31. The summed E-state index contributed by atoms with van der Waals surface area (Å²) in [6.07, 6.45) is 1.00. The number of rotatable bonds is 2.